The maximum atomic E-state index is 14.9. The van der Waals surface area contributed by atoms with Crippen molar-refractivity contribution in [1.29, 1.82) is 0 Å². The van der Waals surface area contributed by atoms with Crippen LogP contribution in [0.3, 0.4) is 0 Å². The van der Waals surface area contributed by atoms with E-state index in [9.17, 15) is 9.59 Å². The summed E-state index contributed by atoms with van der Waals surface area (Å²) < 4.78 is 50.4. The molecule has 0 fully saturated rings. The van der Waals surface area contributed by atoms with Crippen LogP contribution in [0, 0.1) is 13.8 Å². The summed E-state index contributed by atoms with van der Waals surface area (Å²) in [6, 6.07) is 29.0. The van der Waals surface area contributed by atoms with Gasteiger partial charge in [-0.3, -0.25) is 9.69 Å². The largest absolute Gasteiger partial charge is 0.496 e. The molecule has 0 saturated heterocycles. The number of fused-ring (bicyclic) bond motifs is 1. The Morgan fingerprint density at radius 2 is 1.14 bits per heavy atom. The Bertz CT molecular complexity index is 2430. The molecule has 0 saturated carbocycles. The molecule has 0 bridgehead atoms. The molecule has 5 aromatic rings. The predicted octanol–water partition coefficient (Wildman–Crippen LogP) is 10.4. The molecule has 66 heavy (non-hydrogen) atoms. The van der Waals surface area contributed by atoms with Crippen molar-refractivity contribution in [1.82, 2.24) is 10.2 Å². The summed E-state index contributed by atoms with van der Waals surface area (Å²) in [7, 11) is 6.42. The predicted molar refractivity (Wildman–Crippen MR) is 255 cm³/mol. The fourth-order valence-corrected chi connectivity index (χ4v) is 8.77. The number of ether oxygens (including phenoxy) is 8. The van der Waals surface area contributed by atoms with Crippen LogP contribution in [0.25, 0.3) is 0 Å². The van der Waals surface area contributed by atoms with Gasteiger partial charge < -0.3 is 43.2 Å². The third-order valence-corrected chi connectivity index (χ3v) is 11.4. The molecule has 1 heterocycles. The normalized spacial score (nSPS) is 15.5. The van der Waals surface area contributed by atoms with Crippen molar-refractivity contribution in [3.05, 3.63) is 142 Å². The van der Waals surface area contributed by atoms with Crippen LogP contribution >= 0.6 is 0 Å². The number of carbonyl (C=O) groups is 2. The lowest BCUT2D eigenvalue weighted by Crippen LogP contribution is -2.56. The van der Waals surface area contributed by atoms with Crippen molar-refractivity contribution >= 4 is 12.1 Å². The van der Waals surface area contributed by atoms with Gasteiger partial charge in [0.1, 0.15) is 42.0 Å². The number of nitrogens with one attached hydrogen (secondary N) is 1. The van der Waals surface area contributed by atoms with E-state index in [1.807, 2.05) is 152 Å². The molecule has 0 radical (unpaired) electrons. The highest BCUT2D eigenvalue weighted by Gasteiger charge is 2.48. The van der Waals surface area contributed by atoms with E-state index in [0.717, 1.165) is 22.3 Å². The first-order valence-electron chi connectivity index (χ1n) is 22.3. The second-order valence-corrected chi connectivity index (χ2v) is 18.5. The number of hydrogen-bond donors (Lipinski definition) is 1. The fourth-order valence-electron chi connectivity index (χ4n) is 8.77. The number of amides is 1. The van der Waals surface area contributed by atoms with Crippen molar-refractivity contribution in [2.45, 2.75) is 117 Å². The van der Waals surface area contributed by atoms with Crippen LogP contribution in [0.2, 0.25) is 0 Å². The van der Waals surface area contributed by atoms with E-state index in [2.05, 4.69) is 10.2 Å². The molecular formula is C54H66N2O10. The van der Waals surface area contributed by atoms with E-state index in [1.165, 1.54) is 0 Å². The van der Waals surface area contributed by atoms with Crippen LogP contribution < -0.4 is 33.7 Å². The molecule has 0 aliphatic carbocycles. The first kappa shape index (κ1) is 49.0. The Balaban J connectivity index is 1.67. The van der Waals surface area contributed by atoms with E-state index in [4.69, 9.17) is 37.9 Å². The highest BCUT2D eigenvalue weighted by molar-refractivity contribution is 5.79. The molecule has 352 valence electrons. The summed E-state index contributed by atoms with van der Waals surface area (Å²) >= 11 is 0. The van der Waals surface area contributed by atoms with Crippen molar-refractivity contribution in [2.75, 3.05) is 28.4 Å². The van der Waals surface area contributed by atoms with E-state index in [1.54, 1.807) is 28.4 Å². The van der Waals surface area contributed by atoms with Gasteiger partial charge in [-0.05, 0) is 84.6 Å². The summed E-state index contributed by atoms with van der Waals surface area (Å²) in [6.07, 6.45) is -0.303. The Labute approximate surface area is 390 Å². The first-order chi connectivity index (χ1) is 31.5. The first-order valence-corrected chi connectivity index (χ1v) is 22.3. The summed E-state index contributed by atoms with van der Waals surface area (Å²) in [5.74, 6) is 2.59. The monoisotopic (exact) mass is 902 g/mol. The van der Waals surface area contributed by atoms with Crippen LogP contribution in [0.5, 0.6) is 34.5 Å². The van der Waals surface area contributed by atoms with Gasteiger partial charge in [0.2, 0.25) is 0 Å². The summed E-state index contributed by atoms with van der Waals surface area (Å²) in [6.45, 7) is 15.6. The Morgan fingerprint density at radius 3 is 1.65 bits per heavy atom. The zero-order valence-corrected chi connectivity index (χ0v) is 40.5. The summed E-state index contributed by atoms with van der Waals surface area (Å²) in [5.41, 5.74) is 4.72. The minimum atomic E-state index is -0.863. The lowest BCUT2D eigenvalue weighted by atomic mass is 9.79. The van der Waals surface area contributed by atoms with Gasteiger partial charge in [-0.2, -0.15) is 0 Å². The average Bonchev–Trinajstić information content (AvgIpc) is 3.27. The molecule has 3 atom stereocenters. The van der Waals surface area contributed by atoms with Gasteiger partial charge in [0, 0.05) is 40.8 Å². The summed E-state index contributed by atoms with van der Waals surface area (Å²) in [4.78, 5) is 31.4. The Kier molecular flexibility index (Phi) is 15.8. The number of esters is 1. The average molecular weight is 903 g/mol. The third-order valence-electron chi connectivity index (χ3n) is 11.4. The number of nitrogens with zero attached hydrogens (tertiary/aromatic N) is 1. The van der Waals surface area contributed by atoms with Crippen LogP contribution in [0.15, 0.2) is 97.1 Å². The number of methoxy groups -OCH3 is 4. The molecule has 1 amide bonds. The zero-order chi connectivity index (χ0) is 47.8. The Morgan fingerprint density at radius 1 is 0.636 bits per heavy atom. The molecule has 0 aromatic heterocycles. The van der Waals surface area contributed by atoms with Crippen molar-refractivity contribution in [3.63, 3.8) is 0 Å². The highest BCUT2D eigenvalue weighted by atomic mass is 16.6. The minimum Gasteiger partial charge on any atom is -0.496 e. The Hall–Kier alpha value is -6.40. The number of benzene rings is 5. The van der Waals surface area contributed by atoms with E-state index < -0.39 is 41.4 Å². The second kappa shape index (κ2) is 21.3. The number of rotatable bonds is 17. The quantitative estimate of drug-likeness (QED) is 0.0897. The van der Waals surface area contributed by atoms with Crippen LogP contribution in [0.4, 0.5) is 4.79 Å². The lowest BCUT2D eigenvalue weighted by Gasteiger charge is -2.47. The number of hydrogen-bond acceptors (Lipinski definition) is 11. The SMILES string of the molecule is COc1c(C[C@H](NC(=O)OC(C)(C)C)[C@H]2c3c(c(OC)c(C)c(OC)c3OCc3ccccc3)C[C@@H](C(=O)OC(C)(C)C)N2Cc2ccccc2)cc(OCc2ccccc2)c(OC)c1C. The van der Waals surface area contributed by atoms with Crippen molar-refractivity contribution < 1.29 is 47.5 Å². The smallest absolute Gasteiger partial charge is 0.407 e. The molecule has 1 aliphatic heterocycles. The molecule has 12 nitrogen and oxygen atoms in total. The van der Waals surface area contributed by atoms with E-state index in [0.29, 0.717) is 56.8 Å². The van der Waals surface area contributed by atoms with E-state index >= 15 is 0 Å². The minimum absolute atomic E-state index is 0.155. The van der Waals surface area contributed by atoms with Gasteiger partial charge in [-0.25, -0.2) is 4.79 Å². The van der Waals surface area contributed by atoms with Gasteiger partial charge in [-0.1, -0.05) is 91.0 Å². The van der Waals surface area contributed by atoms with Gasteiger partial charge in [-0.15, -0.1) is 0 Å². The maximum absolute atomic E-state index is 14.9. The molecule has 1 N–H and O–H groups in total. The van der Waals surface area contributed by atoms with Gasteiger partial charge in [0.25, 0.3) is 0 Å². The number of alkyl carbamates (subject to hydrolysis) is 1. The van der Waals surface area contributed by atoms with Crippen molar-refractivity contribution in [2.24, 2.45) is 0 Å². The topological polar surface area (TPSA) is 123 Å². The highest BCUT2D eigenvalue weighted by Crippen LogP contribution is 2.53. The lowest BCUT2D eigenvalue weighted by molar-refractivity contribution is -0.164. The van der Waals surface area contributed by atoms with Crippen LogP contribution in [0.1, 0.15) is 92.1 Å². The van der Waals surface area contributed by atoms with Gasteiger partial charge in [0.15, 0.2) is 23.0 Å². The molecular weight excluding hydrogens is 837 g/mol. The second-order valence-electron chi connectivity index (χ2n) is 18.5. The van der Waals surface area contributed by atoms with Gasteiger partial charge in [0.05, 0.1) is 40.5 Å². The molecule has 0 spiro atoms. The van der Waals surface area contributed by atoms with Crippen LogP contribution in [-0.2, 0) is 46.9 Å². The molecule has 0 unspecified atom stereocenters. The third kappa shape index (κ3) is 11.7. The summed E-state index contributed by atoms with van der Waals surface area (Å²) in [5, 5.41) is 3.30. The van der Waals surface area contributed by atoms with Gasteiger partial charge >= 0.3 is 12.1 Å². The molecule has 1 aliphatic rings. The molecule has 5 aromatic carbocycles. The van der Waals surface area contributed by atoms with Crippen molar-refractivity contribution in [3.8, 4) is 34.5 Å². The van der Waals surface area contributed by atoms with Crippen LogP contribution in [-0.4, -0.2) is 68.7 Å². The number of carbonyl (C=O) groups excluding carboxylic acids is 2. The zero-order valence-electron chi connectivity index (χ0n) is 40.5. The van der Waals surface area contributed by atoms with E-state index in [-0.39, 0.29) is 32.6 Å². The molecule has 12 heteroatoms. The maximum Gasteiger partial charge on any atom is 0.407 e. The fraction of sp³-hybridized carbons (Fsp3) is 0.407. The standard InChI is InChI=1S/C54H66N2O10/c1-34-46(59-9)39(29-43(48(34)61-11)63-32-37-24-18-14-19-25-37)28-41(55-52(58)66-54(6,7)8)45-44-40(30-42(51(57)65-53(3,4)5)56(45)31-36-22-16-13-17-23-36)47(60-10)35(2)49(62-12)50(44)64-33-38-26-20-15-21-27-38/h13-27,29,41-42,45H,28,30-33H2,1-12H3,(H,55,58)/t41-,42-,45-/m0/s1. The molecule has 6 rings (SSSR count).